The third-order valence-electron chi connectivity index (χ3n) is 4.89. The Balaban J connectivity index is 1.40. The van der Waals surface area contributed by atoms with Crippen molar-refractivity contribution in [3.63, 3.8) is 0 Å². The Labute approximate surface area is 220 Å². The van der Waals surface area contributed by atoms with Gasteiger partial charge < -0.3 is 9.47 Å². The lowest BCUT2D eigenvalue weighted by molar-refractivity contribution is -0.123. The zero-order chi connectivity index (χ0) is 24.9. The van der Waals surface area contributed by atoms with E-state index in [0.29, 0.717) is 22.1 Å². The monoisotopic (exact) mass is 551 g/mol. The summed E-state index contributed by atoms with van der Waals surface area (Å²) in [7, 11) is 0. The van der Waals surface area contributed by atoms with Crippen LogP contribution in [0.4, 0.5) is 9.18 Å². The first kappa shape index (κ1) is 25.4. The van der Waals surface area contributed by atoms with Crippen LogP contribution in [0.25, 0.3) is 6.08 Å². The van der Waals surface area contributed by atoms with Crippen LogP contribution in [0.1, 0.15) is 11.1 Å². The predicted octanol–water partition coefficient (Wildman–Crippen LogP) is 7.48. The fourth-order valence-electron chi connectivity index (χ4n) is 3.17. The van der Waals surface area contributed by atoms with Crippen molar-refractivity contribution in [1.29, 1.82) is 0 Å². The van der Waals surface area contributed by atoms with Gasteiger partial charge in [-0.3, -0.25) is 14.5 Å². The minimum atomic E-state index is -0.446. The number of halogens is 4. The average Bonchev–Trinajstić information content (AvgIpc) is 3.08. The van der Waals surface area contributed by atoms with Crippen molar-refractivity contribution in [2.24, 2.45) is 0 Å². The molecule has 3 aromatic rings. The molecule has 0 unspecified atom stereocenters. The first-order chi connectivity index (χ1) is 16.8. The molecular formula is C25H17Cl3FNO4S. The Bertz CT molecular complexity index is 1260. The van der Waals surface area contributed by atoms with Gasteiger partial charge >= 0.3 is 0 Å². The van der Waals surface area contributed by atoms with E-state index in [-0.39, 0.29) is 40.5 Å². The van der Waals surface area contributed by atoms with Gasteiger partial charge in [-0.1, -0.05) is 46.9 Å². The van der Waals surface area contributed by atoms with Crippen LogP contribution in [0.15, 0.2) is 65.6 Å². The first-order valence-corrected chi connectivity index (χ1v) is 12.3. The molecule has 3 aromatic carbocycles. The van der Waals surface area contributed by atoms with Crippen LogP contribution in [0.2, 0.25) is 15.1 Å². The molecule has 1 fully saturated rings. The van der Waals surface area contributed by atoms with Gasteiger partial charge in [-0.05, 0) is 77.5 Å². The fourth-order valence-corrected chi connectivity index (χ4v) is 4.77. The van der Waals surface area contributed by atoms with Gasteiger partial charge in [-0.15, -0.1) is 0 Å². The molecule has 0 aliphatic carbocycles. The van der Waals surface area contributed by atoms with Gasteiger partial charge in [-0.2, -0.15) is 0 Å². The fraction of sp³-hybridized carbons (Fsp3) is 0.120. The minimum absolute atomic E-state index is 0.0539. The standard InChI is InChI=1S/C25H17Cl3FNO4S/c26-17-3-1-15(2-4-17)14-34-23-20(27)11-16(12-21(23)28)13-22-24(31)30(25(32)35-22)9-10-33-19-7-5-18(29)6-8-19/h1-8,11-13H,9-10,14H2/b22-13-. The Kier molecular flexibility index (Phi) is 8.23. The number of rotatable bonds is 8. The van der Waals surface area contributed by atoms with Crippen molar-refractivity contribution in [1.82, 2.24) is 4.90 Å². The number of thioether (sulfide) groups is 1. The molecule has 35 heavy (non-hydrogen) atoms. The highest BCUT2D eigenvalue weighted by molar-refractivity contribution is 8.18. The maximum atomic E-state index is 13.0. The van der Waals surface area contributed by atoms with E-state index in [9.17, 15) is 14.0 Å². The molecule has 0 radical (unpaired) electrons. The second-order valence-electron chi connectivity index (χ2n) is 7.36. The van der Waals surface area contributed by atoms with E-state index in [1.54, 1.807) is 30.3 Å². The third-order valence-corrected chi connectivity index (χ3v) is 6.61. The van der Waals surface area contributed by atoms with Gasteiger partial charge in [0.1, 0.15) is 24.8 Å². The number of hydrogen-bond donors (Lipinski definition) is 0. The van der Waals surface area contributed by atoms with Crippen LogP contribution in [0.3, 0.4) is 0 Å². The van der Waals surface area contributed by atoms with E-state index in [1.807, 2.05) is 12.1 Å². The molecule has 1 saturated heterocycles. The van der Waals surface area contributed by atoms with Crippen molar-refractivity contribution in [3.8, 4) is 11.5 Å². The van der Waals surface area contributed by atoms with Crippen molar-refractivity contribution >= 4 is 63.8 Å². The largest absolute Gasteiger partial charge is 0.492 e. The second kappa shape index (κ2) is 11.4. The number of amides is 2. The van der Waals surface area contributed by atoms with Crippen LogP contribution in [-0.4, -0.2) is 29.2 Å². The third kappa shape index (κ3) is 6.49. The summed E-state index contributed by atoms with van der Waals surface area (Å²) in [5.41, 5.74) is 1.44. The molecule has 180 valence electrons. The molecule has 0 saturated carbocycles. The zero-order valence-corrected chi connectivity index (χ0v) is 21.1. The molecule has 0 atom stereocenters. The van der Waals surface area contributed by atoms with Crippen molar-refractivity contribution < 1.29 is 23.5 Å². The Morgan fingerprint density at radius 1 is 0.914 bits per heavy atom. The Hall–Kier alpha value is -2.71. The molecule has 4 rings (SSSR count). The van der Waals surface area contributed by atoms with Crippen LogP contribution in [0, 0.1) is 5.82 Å². The normalized spacial score (nSPS) is 14.6. The topological polar surface area (TPSA) is 55.8 Å². The summed E-state index contributed by atoms with van der Waals surface area (Å²) < 4.78 is 24.2. The highest BCUT2D eigenvalue weighted by atomic mass is 35.5. The number of ether oxygens (including phenoxy) is 2. The van der Waals surface area contributed by atoms with Gasteiger partial charge in [0.25, 0.3) is 11.1 Å². The molecule has 0 aromatic heterocycles. The minimum Gasteiger partial charge on any atom is -0.492 e. The summed E-state index contributed by atoms with van der Waals surface area (Å²) >= 11 is 19.5. The quantitative estimate of drug-likeness (QED) is 0.271. The highest BCUT2D eigenvalue weighted by Gasteiger charge is 2.34. The predicted molar refractivity (Wildman–Crippen MR) is 137 cm³/mol. The van der Waals surface area contributed by atoms with E-state index < -0.39 is 11.1 Å². The summed E-state index contributed by atoms with van der Waals surface area (Å²) in [4.78, 5) is 26.4. The van der Waals surface area contributed by atoms with E-state index in [1.165, 1.54) is 24.3 Å². The van der Waals surface area contributed by atoms with Gasteiger partial charge in [0.05, 0.1) is 21.5 Å². The smallest absolute Gasteiger partial charge is 0.293 e. The average molecular weight is 553 g/mol. The number of benzene rings is 3. The van der Waals surface area contributed by atoms with Gasteiger partial charge in [0.15, 0.2) is 5.75 Å². The van der Waals surface area contributed by atoms with E-state index in [4.69, 9.17) is 44.3 Å². The van der Waals surface area contributed by atoms with E-state index >= 15 is 0 Å². The number of carbonyl (C=O) groups is 2. The number of nitrogens with zero attached hydrogens (tertiary/aromatic N) is 1. The van der Waals surface area contributed by atoms with Crippen LogP contribution in [0.5, 0.6) is 11.5 Å². The molecule has 2 amide bonds. The number of hydrogen-bond acceptors (Lipinski definition) is 5. The lowest BCUT2D eigenvalue weighted by Crippen LogP contribution is -2.32. The van der Waals surface area contributed by atoms with Crippen molar-refractivity contribution in [3.05, 3.63) is 97.6 Å². The number of carbonyl (C=O) groups excluding carboxylic acids is 2. The van der Waals surface area contributed by atoms with Crippen molar-refractivity contribution in [2.45, 2.75) is 6.61 Å². The molecule has 0 N–H and O–H groups in total. The summed E-state index contributed by atoms with van der Waals surface area (Å²) in [6.45, 7) is 0.376. The van der Waals surface area contributed by atoms with Crippen LogP contribution in [-0.2, 0) is 11.4 Å². The number of imide groups is 1. The molecule has 1 aliphatic rings. The van der Waals surface area contributed by atoms with E-state index in [0.717, 1.165) is 22.2 Å². The lowest BCUT2D eigenvalue weighted by Gasteiger charge is -2.13. The summed E-state index contributed by atoms with van der Waals surface area (Å²) in [6.07, 6.45) is 1.55. The van der Waals surface area contributed by atoms with Gasteiger partial charge in [-0.25, -0.2) is 4.39 Å². The van der Waals surface area contributed by atoms with E-state index in [2.05, 4.69) is 0 Å². The summed E-state index contributed by atoms with van der Waals surface area (Å²) in [6, 6.07) is 15.9. The maximum Gasteiger partial charge on any atom is 0.293 e. The van der Waals surface area contributed by atoms with Crippen molar-refractivity contribution in [2.75, 3.05) is 13.2 Å². The van der Waals surface area contributed by atoms with Crippen LogP contribution < -0.4 is 9.47 Å². The van der Waals surface area contributed by atoms with Gasteiger partial charge in [0, 0.05) is 5.02 Å². The van der Waals surface area contributed by atoms with Crippen LogP contribution >= 0.6 is 46.6 Å². The highest BCUT2D eigenvalue weighted by Crippen LogP contribution is 2.37. The maximum absolute atomic E-state index is 13.0. The Morgan fingerprint density at radius 2 is 1.57 bits per heavy atom. The van der Waals surface area contributed by atoms with Gasteiger partial charge in [0.2, 0.25) is 0 Å². The molecule has 1 heterocycles. The first-order valence-electron chi connectivity index (χ1n) is 10.3. The molecule has 10 heteroatoms. The summed E-state index contributed by atoms with van der Waals surface area (Å²) in [5, 5.41) is 0.748. The second-order valence-corrected chi connectivity index (χ2v) is 9.61. The lowest BCUT2D eigenvalue weighted by atomic mass is 10.2. The summed E-state index contributed by atoms with van der Waals surface area (Å²) in [5.74, 6) is -0.0733. The molecular weight excluding hydrogens is 536 g/mol. The molecule has 0 bridgehead atoms. The molecule has 0 spiro atoms. The molecule has 1 aliphatic heterocycles. The Morgan fingerprint density at radius 3 is 2.23 bits per heavy atom. The zero-order valence-electron chi connectivity index (χ0n) is 18.0. The SMILES string of the molecule is O=C1S/C(=C\c2cc(Cl)c(OCc3ccc(Cl)cc3)c(Cl)c2)C(=O)N1CCOc1ccc(F)cc1. The molecule has 5 nitrogen and oxygen atoms in total.